The SMILES string of the molecule is CC(C)(C)[S+]([O-])N[C@@H](c1cccc(Cl)c1)c1cc([C@@H](O)c2cncnc2Cl)sc1Cl. The van der Waals surface area contributed by atoms with E-state index < -0.39 is 28.3 Å². The lowest BCUT2D eigenvalue weighted by Crippen LogP contribution is -2.41. The Morgan fingerprint density at radius 3 is 2.53 bits per heavy atom. The summed E-state index contributed by atoms with van der Waals surface area (Å²) >= 11 is 18.7. The van der Waals surface area contributed by atoms with Gasteiger partial charge >= 0.3 is 0 Å². The first kappa shape index (κ1) is 23.8. The third-order valence-electron chi connectivity index (χ3n) is 4.26. The Kier molecular flexibility index (Phi) is 7.69. The van der Waals surface area contributed by atoms with E-state index in [9.17, 15) is 9.66 Å². The van der Waals surface area contributed by atoms with E-state index in [1.54, 1.807) is 18.2 Å². The van der Waals surface area contributed by atoms with Crippen LogP contribution in [0.4, 0.5) is 0 Å². The second-order valence-electron chi connectivity index (χ2n) is 7.54. The number of aromatic nitrogens is 2. The summed E-state index contributed by atoms with van der Waals surface area (Å²) in [5.74, 6) is 0. The van der Waals surface area contributed by atoms with Crippen molar-refractivity contribution in [1.82, 2.24) is 14.7 Å². The Morgan fingerprint density at radius 1 is 1.17 bits per heavy atom. The molecule has 160 valence electrons. The lowest BCUT2D eigenvalue weighted by molar-refractivity contribution is 0.223. The van der Waals surface area contributed by atoms with Gasteiger partial charge in [-0.25, -0.2) is 9.97 Å². The molecule has 0 saturated carbocycles. The van der Waals surface area contributed by atoms with Crippen LogP contribution in [0, 0.1) is 0 Å². The zero-order valence-corrected chi connectivity index (χ0v) is 20.3. The summed E-state index contributed by atoms with van der Waals surface area (Å²) in [6.45, 7) is 5.65. The lowest BCUT2D eigenvalue weighted by Gasteiger charge is -2.28. The summed E-state index contributed by atoms with van der Waals surface area (Å²) in [5, 5.41) is 11.5. The first-order chi connectivity index (χ1) is 14.1. The summed E-state index contributed by atoms with van der Waals surface area (Å²) < 4.78 is 16.0. The van der Waals surface area contributed by atoms with Crippen molar-refractivity contribution in [1.29, 1.82) is 0 Å². The fourth-order valence-corrected chi connectivity index (χ4v) is 5.26. The van der Waals surface area contributed by atoms with Crippen molar-refractivity contribution in [2.45, 2.75) is 37.7 Å². The molecule has 30 heavy (non-hydrogen) atoms. The van der Waals surface area contributed by atoms with Gasteiger partial charge in [0.25, 0.3) is 0 Å². The Labute approximate surface area is 197 Å². The van der Waals surface area contributed by atoms with Gasteiger partial charge in [0.15, 0.2) is 0 Å². The molecule has 2 aromatic heterocycles. The van der Waals surface area contributed by atoms with Gasteiger partial charge in [-0.3, -0.25) is 0 Å². The Balaban J connectivity index is 2.02. The van der Waals surface area contributed by atoms with E-state index in [-0.39, 0.29) is 5.15 Å². The maximum atomic E-state index is 12.9. The van der Waals surface area contributed by atoms with Crippen LogP contribution in [0.1, 0.15) is 54.5 Å². The van der Waals surface area contributed by atoms with E-state index in [0.29, 0.717) is 25.4 Å². The number of hydrogen-bond acceptors (Lipinski definition) is 6. The number of rotatable bonds is 6. The van der Waals surface area contributed by atoms with E-state index in [0.717, 1.165) is 5.56 Å². The van der Waals surface area contributed by atoms with Crippen LogP contribution in [0.3, 0.4) is 0 Å². The maximum Gasteiger partial charge on any atom is 0.138 e. The summed E-state index contributed by atoms with van der Waals surface area (Å²) in [6, 6.07) is 8.56. The van der Waals surface area contributed by atoms with Gasteiger partial charge in [0.1, 0.15) is 28.4 Å². The minimum absolute atomic E-state index is 0.168. The monoisotopic (exact) mass is 503 g/mol. The van der Waals surface area contributed by atoms with Crippen molar-refractivity contribution >= 4 is 57.5 Å². The minimum Gasteiger partial charge on any atom is -0.598 e. The summed E-state index contributed by atoms with van der Waals surface area (Å²) in [7, 11) is 0. The summed E-state index contributed by atoms with van der Waals surface area (Å²) in [6.07, 6.45) is 1.74. The highest BCUT2D eigenvalue weighted by molar-refractivity contribution is 7.90. The van der Waals surface area contributed by atoms with Gasteiger partial charge < -0.3 is 9.66 Å². The first-order valence-electron chi connectivity index (χ1n) is 8.94. The van der Waals surface area contributed by atoms with Crippen LogP contribution < -0.4 is 4.72 Å². The second kappa shape index (κ2) is 9.71. The van der Waals surface area contributed by atoms with Crippen molar-refractivity contribution < 1.29 is 9.66 Å². The van der Waals surface area contributed by atoms with Crippen LogP contribution in [0.15, 0.2) is 42.9 Å². The first-order valence-corrected chi connectivity index (χ1v) is 12.0. The van der Waals surface area contributed by atoms with E-state index >= 15 is 0 Å². The smallest absolute Gasteiger partial charge is 0.138 e. The quantitative estimate of drug-likeness (QED) is 0.331. The number of thiophene rings is 1. The van der Waals surface area contributed by atoms with Crippen LogP contribution in [0.2, 0.25) is 14.5 Å². The van der Waals surface area contributed by atoms with Crippen molar-refractivity contribution in [2.75, 3.05) is 0 Å². The van der Waals surface area contributed by atoms with E-state index in [1.807, 2.05) is 32.9 Å². The van der Waals surface area contributed by atoms with Crippen LogP contribution in [-0.4, -0.2) is 24.4 Å². The molecule has 0 radical (unpaired) electrons. The number of aliphatic hydroxyl groups is 1. The van der Waals surface area contributed by atoms with Crippen LogP contribution >= 0.6 is 46.1 Å². The molecule has 0 bridgehead atoms. The molecule has 10 heteroatoms. The number of halogens is 3. The van der Waals surface area contributed by atoms with Crippen molar-refractivity contribution in [3.8, 4) is 0 Å². The molecule has 0 amide bonds. The van der Waals surface area contributed by atoms with Crippen LogP contribution in [0.25, 0.3) is 0 Å². The number of aliphatic hydroxyl groups excluding tert-OH is 1. The molecular weight excluding hydrogens is 485 g/mol. The number of nitrogens with one attached hydrogen (secondary N) is 1. The van der Waals surface area contributed by atoms with Crippen molar-refractivity contribution in [2.24, 2.45) is 0 Å². The molecule has 3 atom stereocenters. The molecule has 1 unspecified atom stereocenters. The Hall–Kier alpha value is -0.900. The highest BCUT2D eigenvalue weighted by Crippen LogP contribution is 2.41. The van der Waals surface area contributed by atoms with Gasteiger partial charge in [-0.15, -0.1) is 16.1 Å². The normalized spacial score (nSPS) is 15.1. The second-order valence-corrected chi connectivity index (χ2v) is 12.0. The molecule has 3 rings (SSSR count). The molecule has 3 aromatic rings. The highest BCUT2D eigenvalue weighted by atomic mass is 35.5. The topological polar surface area (TPSA) is 81.1 Å². The van der Waals surface area contributed by atoms with Gasteiger partial charge in [-0.2, -0.15) is 0 Å². The zero-order chi connectivity index (χ0) is 22.1. The average molecular weight is 505 g/mol. The van der Waals surface area contributed by atoms with Crippen molar-refractivity contribution in [3.63, 3.8) is 0 Å². The molecule has 0 aliphatic rings. The molecule has 0 fully saturated rings. The largest absolute Gasteiger partial charge is 0.598 e. The molecule has 0 aliphatic carbocycles. The fourth-order valence-electron chi connectivity index (χ4n) is 2.68. The van der Waals surface area contributed by atoms with Gasteiger partial charge in [0, 0.05) is 38.6 Å². The van der Waals surface area contributed by atoms with Gasteiger partial charge in [-0.1, -0.05) is 46.9 Å². The number of hydrogen-bond donors (Lipinski definition) is 2. The predicted molar refractivity (Wildman–Crippen MR) is 125 cm³/mol. The molecule has 0 aliphatic heterocycles. The van der Waals surface area contributed by atoms with Crippen LogP contribution in [-0.2, 0) is 11.4 Å². The standard InChI is InChI=1S/C20H20Cl3N3O2S2/c1-20(2,3)30(28)26-16(11-5-4-6-12(21)7-11)13-8-15(29-19(13)23)17(27)14-9-24-10-25-18(14)22/h4-10,16-17,26-27H,1-3H3/t16-,17-,30?/m0/s1. The van der Waals surface area contributed by atoms with Gasteiger partial charge in [-0.05, 0) is 44.5 Å². The van der Waals surface area contributed by atoms with Crippen LogP contribution in [0.5, 0.6) is 0 Å². The minimum atomic E-state index is -1.38. The molecular formula is C20H20Cl3N3O2S2. The molecule has 2 heterocycles. The lowest BCUT2D eigenvalue weighted by atomic mass is 10.0. The Bertz CT molecular complexity index is 1030. The molecule has 5 nitrogen and oxygen atoms in total. The molecule has 2 N–H and O–H groups in total. The number of benzene rings is 1. The fraction of sp³-hybridized carbons (Fsp3) is 0.300. The number of nitrogens with zero attached hydrogens (tertiary/aromatic N) is 2. The van der Waals surface area contributed by atoms with Gasteiger partial charge in [0.05, 0.1) is 4.34 Å². The third-order valence-corrected chi connectivity index (χ3v) is 7.81. The molecule has 0 spiro atoms. The predicted octanol–water partition coefficient (Wildman–Crippen LogP) is 5.72. The molecule has 0 saturated heterocycles. The maximum absolute atomic E-state index is 12.9. The third kappa shape index (κ3) is 5.47. The van der Waals surface area contributed by atoms with E-state index in [2.05, 4.69) is 14.7 Å². The Morgan fingerprint density at radius 2 is 1.90 bits per heavy atom. The van der Waals surface area contributed by atoms with E-state index in [1.165, 1.54) is 23.9 Å². The highest BCUT2D eigenvalue weighted by Gasteiger charge is 2.33. The molecule has 1 aromatic carbocycles. The van der Waals surface area contributed by atoms with Crippen molar-refractivity contribution in [3.05, 3.63) is 78.9 Å². The van der Waals surface area contributed by atoms with Gasteiger partial charge in [0.2, 0.25) is 0 Å². The average Bonchev–Trinajstić information content (AvgIpc) is 3.06. The zero-order valence-electron chi connectivity index (χ0n) is 16.4. The van der Waals surface area contributed by atoms with E-state index in [4.69, 9.17) is 34.8 Å². The summed E-state index contributed by atoms with van der Waals surface area (Å²) in [4.78, 5) is 8.41. The summed E-state index contributed by atoms with van der Waals surface area (Å²) in [5.41, 5.74) is 1.87.